The number of nitrogens with one attached hydrogen (secondary N) is 1. The molecule has 2 aliphatic rings. The number of sulfonamides is 1. The van der Waals surface area contributed by atoms with E-state index in [2.05, 4.69) is 0 Å². The fraction of sp³-hybridized carbons (Fsp3) is 0.391. The Morgan fingerprint density at radius 2 is 1.62 bits per heavy atom. The van der Waals surface area contributed by atoms with E-state index in [9.17, 15) is 28.3 Å². The van der Waals surface area contributed by atoms with Crippen molar-refractivity contribution in [3.05, 3.63) is 54.6 Å². The number of carbonyl (C=O) groups is 2. The number of carboxylic acids is 1. The van der Waals surface area contributed by atoms with Gasteiger partial charge in [0.05, 0.1) is 23.5 Å². The summed E-state index contributed by atoms with van der Waals surface area (Å²) in [7, 11) is -4.33. The van der Waals surface area contributed by atoms with Crippen molar-refractivity contribution in [3.8, 4) is 11.5 Å². The Bertz CT molecular complexity index is 1130. The molecule has 2 saturated heterocycles. The highest BCUT2D eigenvalue weighted by Crippen LogP contribution is 2.44. The molecule has 182 valence electrons. The normalized spacial score (nSPS) is 24.1. The quantitative estimate of drug-likeness (QED) is 0.360. The van der Waals surface area contributed by atoms with Crippen LogP contribution in [0.5, 0.6) is 11.5 Å². The predicted molar refractivity (Wildman–Crippen MR) is 119 cm³/mol. The molecule has 2 aromatic carbocycles. The zero-order chi connectivity index (χ0) is 24.3. The van der Waals surface area contributed by atoms with E-state index in [0.29, 0.717) is 24.3 Å². The number of rotatable bonds is 9. The van der Waals surface area contributed by atoms with E-state index in [0.717, 1.165) is 4.31 Å². The number of aliphatic carboxylic acids is 1. The number of amides is 1. The third-order valence-corrected chi connectivity index (χ3v) is 8.23. The van der Waals surface area contributed by atoms with E-state index in [1.165, 1.54) is 24.3 Å². The fourth-order valence-electron chi connectivity index (χ4n) is 4.72. The highest BCUT2D eigenvalue weighted by molar-refractivity contribution is 7.89. The number of hydrogen-bond donors (Lipinski definition) is 3. The second-order valence-electron chi connectivity index (χ2n) is 8.45. The van der Waals surface area contributed by atoms with Crippen LogP contribution < -0.4 is 10.2 Å². The van der Waals surface area contributed by atoms with Crippen molar-refractivity contribution in [1.29, 1.82) is 0 Å². The van der Waals surface area contributed by atoms with Gasteiger partial charge in [-0.1, -0.05) is 18.2 Å². The van der Waals surface area contributed by atoms with Crippen LogP contribution in [0, 0.1) is 0 Å². The third-order valence-electron chi connectivity index (χ3n) is 6.25. The maximum absolute atomic E-state index is 13.8. The van der Waals surface area contributed by atoms with E-state index in [1.54, 1.807) is 29.7 Å². The summed E-state index contributed by atoms with van der Waals surface area (Å²) >= 11 is 0. The van der Waals surface area contributed by atoms with Gasteiger partial charge in [0.15, 0.2) is 0 Å². The Balaban J connectivity index is 1.69. The first-order chi connectivity index (χ1) is 16.2. The molecule has 11 heteroatoms. The lowest BCUT2D eigenvalue weighted by Crippen LogP contribution is -2.64. The van der Waals surface area contributed by atoms with Crippen molar-refractivity contribution in [2.45, 2.75) is 54.7 Å². The predicted octanol–water partition coefficient (Wildman–Crippen LogP) is 2.53. The molecule has 1 amide bonds. The van der Waals surface area contributed by atoms with Crippen molar-refractivity contribution in [2.75, 3.05) is 6.54 Å². The number of ether oxygens (including phenoxy) is 2. The van der Waals surface area contributed by atoms with E-state index >= 15 is 0 Å². The number of nitrogens with zero attached hydrogens (tertiary/aromatic N) is 1. The molecule has 0 spiro atoms. The summed E-state index contributed by atoms with van der Waals surface area (Å²) in [6, 6.07) is 14.6. The maximum atomic E-state index is 13.8. The summed E-state index contributed by atoms with van der Waals surface area (Å²) in [5, 5.41) is 18.7. The molecular formula is C23H26N2O8S. The van der Waals surface area contributed by atoms with Gasteiger partial charge in [-0.25, -0.2) is 13.9 Å². The average Bonchev–Trinajstić information content (AvgIpc) is 3.17. The van der Waals surface area contributed by atoms with E-state index in [4.69, 9.17) is 9.47 Å². The first kappa shape index (κ1) is 24.1. The summed E-state index contributed by atoms with van der Waals surface area (Å²) in [5.74, 6) is -1.11. The molecule has 4 rings (SSSR count). The molecule has 0 radical (unpaired) electrons. The molecule has 0 aromatic heterocycles. The third kappa shape index (κ3) is 4.78. The number of hydrogen-bond acceptors (Lipinski definition) is 7. The van der Waals surface area contributed by atoms with Crippen LogP contribution in [0.15, 0.2) is 59.5 Å². The highest BCUT2D eigenvalue weighted by atomic mass is 32.2. The SMILES string of the molecule is O=C(O)CCN([C@]1(C(=O)NO)C[C@H]2CC[C@@H](C1)O2)S(=O)(=O)c1ccc(Oc2ccccc2)cc1. The number of carboxylic acid groups (broad SMARTS) is 1. The minimum absolute atomic E-state index is 0.0178. The molecular weight excluding hydrogens is 464 g/mol. The number of fused-ring (bicyclic) bond motifs is 2. The van der Waals surface area contributed by atoms with Gasteiger partial charge < -0.3 is 14.6 Å². The van der Waals surface area contributed by atoms with Crippen molar-refractivity contribution in [2.24, 2.45) is 0 Å². The van der Waals surface area contributed by atoms with E-state index in [1.807, 2.05) is 6.07 Å². The van der Waals surface area contributed by atoms with Gasteiger partial charge in [0.2, 0.25) is 10.0 Å². The Morgan fingerprint density at radius 1 is 1.03 bits per heavy atom. The molecule has 2 aliphatic heterocycles. The first-order valence-electron chi connectivity index (χ1n) is 10.9. The number of hydroxylamine groups is 1. The molecule has 0 aliphatic carbocycles. The summed E-state index contributed by atoms with van der Waals surface area (Å²) in [4.78, 5) is 24.2. The van der Waals surface area contributed by atoms with Crippen molar-refractivity contribution in [1.82, 2.24) is 9.79 Å². The Morgan fingerprint density at radius 3 is 2.18 bits per heavy atom. The van der Waals surface area contributed by atoms with Crippen LogP contribution in [0.25, 0.3) is 0 Å². The standard InChI is InChI=1S/C23H26N2O8S/c26-21(27)12-13-25(23(22(28)24-29)14-18-6-7-19(15-23)33-18)34(30,31)20-10-8-17(9-11-20)32-16-4-2-1-3-5-16/h1-5,8-11,18-19,29H,6-7,12-15H2,(H,24,28)(H,26,27)/t18-,19+,23-. The van der Waals surface area contributed by atoms with E-state index in [-0.39, 0.29) is 29.9 Å². The molecule has 3 N–H and O–H groups in total. The van der Waals surface area contributed by atoms with Crippen LogP contribution in [0.4, 0.5) is 0 Å². The Labute approximate surface area is 197 Å². The van der Waals surface area contributed by atoms with Gasteiger partial charge in [-0.05, 0) is 49.2 Å². The molecule has 3 atom stereocenters. The molecule has 0 unspecified atom stereocenters. The topological polar surface area (TPSA) is 142 Å². The number of para-hydroxylation sites is 1. The van der Waals surface area contributed by atoms with Crippen LogP contribution in [0.1, 0.15) is 32.1 Å². The second-order valence-corrected chi connectivity index (χ2v) is 10.3. The van der Waals surface area contributed by atoms with E-state index < -0.39 is 40.4 Å². The summed E-state index contributed by atoms with van der Waals surface area (Å²) in [6.45, 7) is -0.438. The molecule has 2 heterocycles. The molecule has 2 bridgehead atoms. The molecule has 2 fully saturated rings. The maximum Gasteiger partial charge on any atom is 0.304 e. The lowest BCUT2D eigenvalue weighted by molar-refractivity contribution is -0.151. The lowest BCUT2D eigenvalue weighted by atomic mass is 9.85. The Hall–Kier alpha value is -2.99. The zero-order valence-corrected chi connectivity index (χ0v) is 19.1. The van der Waals surface area contributed by atoms with Gasteiger partial charge in [0.1, 0.15) is 17.0 Å². The summed E-state index contributed by atoms with van der Waals surface area (Å²) in [5.41, 5.74) is -0.0698. The lowest BCUT2D eigenvalue weighted by Gasteiger charge is -2.45. The van der Waals surface area contributed by atoms with Gasteiger partial charge >= 0.3 is 5.97 Å². The fourth-order valence-corrected chi connectivity index (χ4v) is 6.47. The van der Waals surface area contributed by atoms with Crippen molar-refractivity contribution < 1.29 is 37.8 Å². The highest BCUT2D eigenvalue weighted by Gasteiger charge is 2.56. The van der Waals surface area contributed by atoms with Crippen LogP contribution >= 0.6 is 0 Å². The largest absolute Gasteiger partial charge is 0.481 e. The molecule has 2 aromatic rings. The molecule has 34 heavy (non-hydrogen) atoms. The minimum Gasteiger partial charge on any atom is -0.481 e. The molecule has 0 saturated carbocycles. The zero-order valence-electron chi connectivity index (χ0n) is 18.3. The van der Waals surface area contributed by atoms with Gasteiger partial charge in [-0.2, -0.15) is 4.31 Å². The van der Waals surface area contributed by atoms with Gasteiger partial charge in [0, 0.05) is 19.4 Å². The molecule has 10 nitrogen and oxygen atoms in total. The van der Waals surface area contributed by atoms with Gasteiger partial charge in [-0.15, -0.1) is 0 Å². The van der Waals surface area contributed by atoms with Crippen molar-refractivity contribution in [3.63, 3.8) is 0 Å². The Kier molecular flexibility index (Phi) is 6.89. The van der Waals surface area contributed by atoms with Gasteiger partial charge in [0.25, 0.3) is 5.91 Å². The number of carbonyl (C=O) groups excluding carboxylic acids is 1. The first-order valence-corrected chi connectivity index (χ1v) is 12.4. The van der Waals surface area contributed by atoms with Crippen LogP contribution in [0.2, 0.25) is 0 Å². The smallest absolute Gasteiger partial charge is 0.304 e. The monoisotopic (exact) mass is 490 g/mol. The average molecular weight is 491 g/mol. The second kappa shape index (κ2) is 9.71. The van der Waals surface area contributed by atoms with Gasteiger partial charge in [-0.3, -0.25) is 14.8 Å². The summed E-state index contributed by atoms with van der Waals surface area (Å²) in [6.07, 6.45) is 0.117. The minimum atomic E-state index is -4.33. The number of benzene rings is 2. The van der Waals surface area contributed by atoms with Crippen LogP contribution in [-0.4, -0.2) is 59.2 Å². The van der Waals surface area contributed by atoms with Crippen molar-refractivity contribution >= 4 is 21.9 Å². The van der Waals surface area contributed by atoms with Crippen LogP contribution in [-0.2, 0) is 24.3 Å². The van der Waals surface area contributed by atoms with Crippen LogP contribution in [0.3, 0.4) is 0 Å². The summed E-state index contributed by atoms with van der Waals surface area (Å²) < 4.78 is 40.0.